The molecule has 4 heteroatoms. The Bertz CT molecular complexity index is 554. The molecule has 18 heavy (non-hydrogen) atoms. The average molecular weight is 249 g/mol. The van der Waals surface area contributed by atoms with E-state index in [9.17, 15) is 18.4 Å². The quantitative estimate of drug-likeness (QED) is 0.697. The van der Waals surface area contributed by atoms with Crippen LogP contribution in [0.25, 0.3) is 0 Å². The van der Waals surface area contributed by atoms with Crippen LogP contribution in [-0.4, -0.2) is 0 Å². The van der Waals surface area contributed by atoms with Gasteiger partial charge in [0.25, 0.3) is 0 Å². The van der Waals surface area contributed by atoms with Crippen LogP contribution in [0.3, 0.4) is 0 Å². The highest BCUT2D eigenvalue weighted by Gasteiger charge is 2.41. The minimum absolute atomic E-state index is 0.172. The smallest absolute Gasteiger partial charge is 0.197 e. The number of hydrogen-bond acceptors (Lipinski definition) is 1. The Balaban J connectivity index is 2.52. The molecule has 0 heterocycles. The maximum atomic E-state index is 12.6. The van der Waals surface area contributed by atoms with Crippen LogP contribution in [-0.2, 0) is 11.6 Å². The van der Waals surface area contributed by atoms with Gasteiger partial charge < -0.3 is 0 Å². The molecule has 1 fully saturated rings. The van der Waals surface area contributed by atoms with E-state index < -0.39 is 17.2 Å². The van der Waals surface area contributed by atoms with E-state index in [2.05, 4.69) is 12.0 Å². The summed E-state index contributed by atoms with van der Waals surface area (Å²) in [5, 5.41) is 9.20. The van der Waals surface area contributed by atoms with E-state index in [1.807, 2.05) is 0 Å². The Morgan fingerprint density at radius 2 is 1.94 bits per heavy atom. The second kappa shape index (κ2) is 4.07. The topological polar surface area (TPSA) is 23.8 Å². The van der Waals surface area contributed by atoms with Gasteiger partial charge in [-0.25, -0.2) is 0 Å². The van der Waals surface area contributed by atoms with Gasteiger partial charge in [-0.1, -0.05) is 12.0 Å². The van der Waals surface area contributed by atoms with E-state index in [0.717, 1.165) is 18.6 Å². The van der Waals surface area contributed by atoms with Crippen molar-refractivity contribution in [2.45, 2.75) is 30.9 Å². The molecular weight excluding hydrogens is 239 g/mol. The second-order valence-electron chi connectivity index (χ2n) is 4.45. The maximum Gasteiger partial charge on any atom is 0.416 e. The lowest BCUT2D eigenvalue weighted by Gasteiger charge is -2.36. The molecule has 0 bridgehead atoms. The van der Waals surface area contributed by atoms with Crippen LogP contribution < -0.4 is 0 Å². The Morgan fingerprint density at radius 1 is 1.28 bits per heavy atom. The Kier molecular flexibility index (Phi) is 2.83. The first kappa shape index (κ1) is 12.5. The van der Waals surface area contributed by atoms with Gasteiger partial charge >= 0.3 is 6.18 Å². The summed E-state index contributed by atoms with van der Waals surface area (Å²) < 4.78 is 37.7. The van der Waals surface area contributed by atoms with Crippen molar-refractivity contribution in [2.75, 3.05) is 0 Å². The van der Waals surface area contributed by atoms with Crippen molar-refractivity contribution in [3.05, 3.63) is 34.9 Å². The molecule has 0 aliphatic heterocycles. The third-order valence-electron chi connectivity index (χ3n) is 3.44. The van der Waals surface area contributed by atoms with Crippen molar-refractivity contribution >= 4 is 0 Å². The summed E-state index contributed by atoms with van der Waals surface area (Å²) in [6.45, 7) is 0. The van der Waals surface area contributed by atoms with Crippen LogP contribution in [0.1, 0.15) is 36.0 Å². The van der Waals surface area contributed by atoms with Gasteiger partial charge in [-0.05, 0) is 37.0 Å². The van der Waals surface area contributed by atoms with Gasteiger partial charge in [0.15, 0.2) is 0 Å². The van der Waals surface area contributed by atoms with Crippen molar-refractivity contribution in [3.8, 4) is 18.4 Å². The van der Waals surface area contributed by atoms with Crippen molar-refractivity contribution in [2.24, 2.45) is 0 Å². The fraction of sp³-hybridized carbons (Fsp3) is 0.357. The minimum atomic E-state index is -4.41. The van der Waals surface area contributed by atoms with Crippen LogP contribution >= 0.6 is 0 Å². The van der Waals surface area contributed by atoms with Gasteiger partial charge in [0.05, 0.1) is 17.0 Å². The largest absolute Gasteiger partial charge is 0.416 e. The Labute approximate surface area is 103 Å². The van der Waals surface area contributed by atoms with Crippen molar-refractivity contribution in [1.82, 2.24) is 0 Å². The molecular formula is C14H10F3N. The van der Waals surface area contributed by atoms with E-state index in [1.54, 1.807) is 0 Å². The number of terminal acetylenes is 1. The number of nitrogens with zero attached hydrogens (tertiary/aromatic N) is 1. The van der Waals surface area contributed by atoms with Gasteiger partial charge in [-0.3, -0.25) is 0 Å². The lowest BCUT2D eigenvalue weighted by molar-refractivity contribution is -0.137. The molecule has 1 aliphatic carbocycles. The molecule has 1 saturated carbocycles. The van der Waals surface area contributed by atoms with Crippen LogP contribution in [0, 0.1) is 23.7 Å². The summed E-state index contributed by atoms with van der Waals surface area (Å²) in [6.07, 6.45) is 3.07. The first-order chi connectivity index (χ1) is 8.43. The molecule has 0 unspecified atom stereocenters. The van der Waals surface area contributed by atoms with E-state index in [4.69, 9.17) is 6.42 Å². The van der Waals surface area contributed by atoms with E-state index in [1.165, 1.54) is 6.07 Å². The SMILES string of the molecule is C#Cc1cc(C(F)(F)F)ccc1C1(C#N)CCC1. The van der Waals surface area contributed by atoms with Crippen LogP contribution in [0.4, 0.5) is 13.2 Å². The Hall–Kier alpha value is -1.94. The summed E-state index contributed by atoms with van der Waals surface area (Å²) in [6, 6.07) is 5.48. The third-order valence-corrected chi connectivity index (χ3v) is 3.44. The third kappa shape index (κ3) is 1.84. The number of hydrogen-bond donors (Lipinski definition) is 0. The molecule has 0 saturated heterocycles. The van der Waals surface area contributed by atoms with Crippen LogP contribution in [0.5, 0.6) is 0 Å². The fourth-order valence-corrected chi connectivity index (χ4v) is 2.23. The van der Waals surface area contributed by atoms with Gasteiger partial charge in [0.1, 0.15) is 0 Å². The summed E-state index contributed by atoms with van der Waals surface area (Å²) in [5.41, 5.74) is -0.740. The summed E-state index contributed by atoms with van der Waals surface area (Å²) in [7, 11) is 0. The lowest BCUT2D eigenvalue weighted by atomic mass is 9.64. The zero-order chi connectivity index (χ0) is 13.4. The predicted molar refractivity (Wildman–Crippen MR) is 60.5 cm³/mol. The van der Waals surface area contributed by atoms with Crippen molar-refractivity contribution < 1.29 is 13.2 Å². The summed E-state index contributed by atoms with van der Waals surface area (Å²) in [4.78, 5) is 0. The van der Waals surface area contributed by atoms with E-state index in [-0.39, 0.29) is 5.56 Å². The normalized spacial score (nSPS) is 17.4. The molecule has 1 aliphatic rings. The molecule has 1 aromatic carbocycles. The number of halogens is 3. The average Bonchev–Trinajstić information content (AvgIpc) is 2.27. The van der Waals surface area contributed by atoms with E-state index >= 15 is 0 Å². The number of alkyl halides is 3. The summed E-state index contributed by atoms with van der Waals surface area (Å²) in [5.74, 6) is 2.27. The first-order valence-corrected chi connectivity index (χ1v) is 5.52. The molecule has 0 amide bonds. The van der Waals surface area contributed by atoms with E-state index in [0.29, 0.717) is 18.4 Å². The van der Waals surface area contributed by atoms with Crippen LogP contribution in [0.15, 0.2) is 18.2 Å². The number of rotatable bonds is 1. The molecule has 2 rings (SSSR count). The molecule has 92 valence electrons. The predicted octanol–water partition coefficient (Wildman–Crippen LogP) is 3.63. The standard InChI is InChI=1S/C14H10F3N/c1-2-10-8-11(14(15,16)17)4-5-12(10)13(9-18)6-3-7-13/h1,4-5,8H,3,6-7H2. The summed E-state index contributed by atoms with van der Waals surface area (Å²) >= 11 is 0. The molecule has 1 aromatic rings. The molecule has 0 radical (unpaired) electrons. The Morgan fingerprint density at radius 3 is 2.33 bits per heavy atom. The molecule has 0 aromatic heterocycles. The number of benzene rings is 1. The highest BCUT2D eigenvalue weighted by molar-refractivity contribution is 5.50. The van der Waals surface area contributed by atoms with Gasteiger partial charge in [-0.15, -0.1) is 6.42 Å². The minimum Gasteiger partial charge on any atom is -0.197 e. The molecule has 0 atom stereocenters. The molecule has 0 spiro atoms. The zero-order valence-electron chi connectivity index (χ0n) is 9.51. The monoisotopic (exact) mass is 249 g/mol. The van der Waals surface area contributed by atoms with Crippen LogP contribution in [0.2, 0.25) is 0 Å². The number of nitriles is 1. The maximum absolute atomic E-state index is 12.6. The molecule has 1 nitrogen and oxygen atoms in total. The highest BCUT2D eigenvalue weighted by Crippen LogP contribution is 2.45. The lowest BCUT2D eigenvalue weighted by Crippen LogP contribution is -2.33. The van der Waals surface area contributed by atoms with Crippen molar-refractivity contribution in [3.63, 3.8) is 0 Å². The van der Waals surface area contributed by atoms with Crippen molar-refractivity contribution in [1.29, 1.82) is 5.26 Å². The van der Waals surface area contributed by atoms with Gasteiger partial charge in [0.2, 0.25) is 0 Å². The highest BCUT2D eigenvalue weighted by atomic mass is 19.4. The fourth-order valence-electron chi connectivity index (χ4n) is 2.23. The first-order valence-electron chi connectivity index (χ1n) is 5.52. The second-order valence-corrected chi connectivity index (χ2v) is 4.45. The zero-order valence-corrected chi connectivity index (χ0v) is 9.51. The van der Waals surface area contributed by atoms with Gasteiger partial charge in [-0.2, -0.15) is 18.4 Å². The molecule has 0 N–H and O–H groups in total. The van der Waals surface area contributed by atoms with Gasteiger partial charge in [0, 0.05) is 5.56 Å².